The third-order valence-corrected chi connectivity index (χ3v) is 3.54. The van der Waals surface area contributed by atoms with E-state index in [1.807, 2.05) is 24.3 Å². The zero-order valence-electron chi connectivity index (χ0n) is 9.82. The summed E-state index contributed by atoms with van der Waals surface area (Å²) < 4.78 is 0. The van der Waals surface area contributed by atoms with Crippen molar-refractivity contribution in [2.24, 2.45) is 0 Å². The first-order valence-corrected chi connectivity index (χ1v) is 6.24. The molecule has 1 heterocycles. The minimum Gasteiger partial charge on any atom is -0.397 e. The number of nitrogen functional groups attached to an aromatic ring is 1. The van der Waals surface area contributed by atoms with Crippen molar-refractivity contribution >= 4 is 22.3 Å². The Balaban J connectivity index is 1.96. The van der Waals surface area contributed by atoms with Crippen LogP contribution in [0.5, 0.6) is 0 Å². The number of nitrogens with zero attached hydrogens (tertiary/aromatic N) is 1. The van der Waals surface area contributed by atoms with E-state index in [1.54, 1.807) is 6.20 Å². The van der Waals surface area contributed by atoms with Crippen LogP contribution in [0.3, 0.4) is 0 Å². The van der Waals surface area contributed by atoms with Gasteiger partial charge in [-0.3, -0.25) is 4.98 Å². The molecule has 1 fully saturated rings. The predicted molar refractivity (Wildman–Crippen MR) is 72.0 cm³/mol. The molecule has 0 unspecified atom stereocenters. The van der Waals surface area contributed by atoms with Gasteiger partial charge in [-0.2, -0.15) is 0 Å². The number of nitrogens with one attached hydrogen (secondary N) is 1. The summed E-state index contributed by atoms with van der Waals surface area (Å²) >= 11 is 0. The molecule has 0 radical (unpaired) electrons. The molecular weight excluding hydrogens is 210 g/mol. The molecule has 1 aromatic heterocycles. The summed E-state index contributed by atoms with van der Waals surface area (Å²) in [6.45, 7) is 0. The number of rotatable bonds is 2. The van der Waals surface area contributed by atoms with Gasteiger partial charge in [-0.25, -0.2) is 0 Å². The van der Waals surface area contributed by atoms with E-state index in [1.165, 1.54) is 25.7 Å². The van der Waals surface area contributed by atoms with Gasteiger partial charge in [-0.05, 0) is 37.1 Å². The average Bonchev–Trinajstić information content (AvgIpc) is 2.86. The third kappa shape index (κ3) is 1.93. The first kappa shape index (κ1) is 10.4. The van der Waals surface area contributed by atoms with Gasteiger partial charge in [0.2, 0.25) is 0 Å². The molecule has 0 amide bonds. The first-order chi connectivity index (χ1) is 8.34. The Bertz CT molecular complexity index is 530. The van der Waals surface area contributed by atoms with E-state index in [0.29, 0.717) is 6.04 Å². The van der Waals surface area contributed by atoms with Crippen LogP contribution in [0.25, 0.3) is 10.9 Å². The molecule has 2 aromatic rings. The second-order valence-corrected chi connectivity index (χ2v) is 4.72. The second-order valence-electron chi connectivity index (χ2n) is 4.72. The Kier molecular flexibility index (Phi) is 2.59. The molecule has 1 aromatic carbocycles. The van der Waals surface area contributed by atoms with Crippen molar-refractivity contribution in [2.75, 3.05) is 11.1 Å². The van der Waals surface area contributed by atoms with Gasteiger partial charge in [-0.1, -0.05) is 12.8 Å². The van der Waals surface area contributed by atoms with E-state index in [0.717, 1.165) is 22.3 Å². The van der Waals surface area contributed by atoms with Crippen LogP contribution in [0, 0.1) is 0 Å². The van der Waals surface area contributed by atoms with Crippen LogP contribution in [-0.2, 0) is 0 Å². The number of pyridine rings is 1. The van der Waals surface area contributed by atoms with Crippen molar-refractivity contribution in [1.82, 2.24) is 4.98 Å². The molecule has 1 aliphatic carbocycles. The van der Waals surface area contributed by atoms with E-state index in [9.17, 15) is 0 Å². The third-order valence-electron chi connectivity index (χ3n) is 3.54. The number of hydrogen-bond acceptors (Lipinski definition) is 3. The quantitative estimate of drug-likeness (QED) is 0.775. The number of anilines is 2. The van der Waals surface area contributed by atoms with Crippen LogP contribution in [-0.4, -0.2) is 11.0 Å². The first-order valence-electron chi connectivity index (χ1n) is 6.24. The van der Waals surface area contributed by atoms with Gasteiger partial charge in [0, 0.05) is 17.6 Å². The van der Waals surface area contributed by atoms with Gasteiger partial charge < -0.3 is 11.1 Å². The maximum Gasteiger partial charge on any atom is 0.0724 e. The minimum atomic E-state index is 0.589. The fraction of sp³-hybridized carbons (Fsp3) is 0.357. The normalized spacial score (nSPS) is 16.5. The van der Waals surface area contributed by atoms with Crippen LogP contribution in [0.15, 0.2) is 30.5 Å². The number of nitrogens with two attached hydrogens (primary N) is 1. The molecule has 0 aliphatic heterocycles. The SMILES string of the molecule is Nc1c(NC2CCCC2)ccc2ncccc12. The standard InChI is InChI=1S/C14H17N3/c15-14-11-6-3-9-16-12(11)7-8-13(14)17-10-4-1-2-5-10/h3,6-10,17H,1-2,4-5,15H2. The van der Waals surface area contributed by atoms with Crippen LogP contribution in [0.1, 0.15) is 25.7 Å². The lowest BCUT2D eigenvalue weighted by Gasteiger charge is -2.16. The highest BCUT2D eigenvalue weighted by Gasteiger charge is 2.16. The Morgan fingerprint density at radius 2 is 2.00 bits per heavy atom. The maximum absolute atomic E-state index is 6.19. The van der Waals surface area contributed by atoms with Gasteiger partial charge in [-0.15, -0.1) is 0 Å². The fourth-order valence-electron chi connectivity index (χ4n) is 2.59. The lowest BCUT2D eigenvalue weighted by Crippen LogP contribution is -2.15. The van der Waals surface area contributed by atoms with Gasteiger partial charge in [0.05, 0.1) is 16.9 Å². The van der Waals surface area contributed by atoms with Crippen molar-refractivity contribution < 1.29 is 0 Å². The van der Waals surface area contributed by atoms with E-state index in [4.69, 9.17) is 5.73 Å². The summed E-state index contributed by atoms with van der Waals surface area (Å²) in [6.07, 6.45) is 6.96. The monoisotopic (exact) mass is 227 g/mol. The largest absolute Gasteiger partial charge is 0.397 e. The Hall–Kier alpha value is -1.77. The number of aromatic nitrogens is 1. The Labute approximate surface area is 101 Å². The molecule has 1 aliphatic rings. The van der Waals surface area contributed by atoms with Crippen LogP contribution < -0.4 is 11.1 Å². The zero-order valence-corrected chi connectivity index (χ0v) is 9.82. The number of fused-ring (bicyclic) bond motifs is 1. The molecule has 0 spiro atoms. The highest BCUT2D eigenvalue weighted by Crippen LogP contribution is 2.30. The Morgan fingerprint density at radius 3 is 2.82 bits per heavy atom. The Morgan fingerprint density at radius 1 is 1.18 bits per heavy atom. The van der Waals surface area contributed by atoms with E-state index >= 15 is 0 Å². The van der Waals surface area contributed by atoms with E-state index < -0.39 is 0 Å². The van der Waals surface area contributed by atoms with Crippen LogP contribution in [0.4, 0.5) is 11.4 Å². The summed E-state index contributed by atoms with van der Waals surface area (Å²) in [4.78, 5) is 4.31. The molecule has 0 atom stereocenters. The van der Waals surface area contributed by atoms with Crippen molar-refractivity contribution in [3.8, 4) is 0 Å². The van der Waals surface area contributed by atoms with Crippen LogP contribution in [0.2, 0.25) is 0 Å². The molecule has 17 heavy (non-hydrogen) atoms. The van der Waals surface area contributed by atoms with Crippen molar-refractivity contribution in [1.29, 1.82) is 0 Å². The van der Waals surface area contributed by atoms with E-state index in [2.05, 4.69) is 10.3 Å². The zero-order chi connectivity index (χ0) is 11.7. The highest BCUT2D eigenvalue weighted by atomic mass is 14.9. The molecule has 3 rings (SSSR count). The second kappa shape index (κ2) is 4.24. The average molecular weight is 227 g/mol. The molecule has 0 saturated heterocycles. The lowest BCUT2D eigenvalue weighted by atomic mass is 10.1. The topological polar surface area (TPSA) is 50.9 Å². The molecule has 1 saturated carbocycles. The molecule has 3 N–H and O–H groups in total. The molecule has 0 bridgehead atoms. The van der Waals surface area contributed by atoms with Crippen molar-refractivity contribution in [2.45, 2.75) is 31.7 Å². The molecular formula is C14H17N3. The summed E-state index contributed by atoms with van der Waals surface area (Å²) in [6, 6.07) is 8.62. The van der Waals surface area contributed by atoms with E-state index in [-0.39, 0.29) is 0 Å². The minimum absolute atomic E-state index is 0.589. The summed E-state index contributed by atoms with van der Waals surface area (Å²) in [5, 5.41) is 4.59. The highest BCUT2D eigenvalue weighted by molar-refractivity contribution is 5.96. The number of hydrogen-bond donors (Lipinski definition) is 2. The summed E-state index contributed by atoms with van der Waals surface area (Å²) in [5.41, 5.74) is 9.03. The summed E-state index contributed by atoms with van der Waals surface area (Å²) in [7, 11) is 0. The van der Waals surface area contributed by atoms with Gasteiger partial charge in [0.25, 0.3) is 0 Å². The maximum atomic E-state index is 6.19. The van der Waals surface area contributed by atoms with Gasteiger partial charge in [0.15, 0.2) is 0 Å². The molecule has 88 valence electrons. The lowest BCUT2D eigenvalue weighted by molar-refractivity contribution is 0.756. The summed E-state index contributed by atoms with van der Waals surface area (Å²) in [5.74, 6) is 0. The fourth-order valence-corrected chi connectivity index (χ4v) is 2.59. The van der Waals surface area contributed by atoms with Gasteiger partial charge >= 0.3 is 0 Å². The smallest absolute Gasteiger partial charge is 0.0724 e. The van der Waals surface area contributed by atoms with Crippen LogP contribution >= 0.6 is 0 Å². The number of benzene rings is 1. The van der Waals surface area contributed by atoms with Crippen molar-refractivity contribution in [3.63, 3.8) is 0 Å². The van der Waals surface area contributed by atoms with Crippen molar-refractivity contribution in [3.05, 3.63) is 30.5 Å². The molecule has 3 heteroatoms. The van der Waals surface area contributed by atoms with Gasteiger partial charge in [0.1, 0.15) is 0 Å². The predicted octanol–water partition coefficient (Wildman–Crippen LogP) is 3.17. The molecule has 3 nitrogen and oxygen atoms in total.